The molecule has 1 heterocycles. The van der Waals surface area contributed by atoms with E-state index in [4.69, 9.17) is 0 Å². The zero-order valence-electron chi connectivity index (χ0n) is 6.62. The van der Waals surface area contributed by atoms with Gasteiger partial charge in [-0.05, 0) is 19.5 Å². The molecule has 0 aromatic rings. The fourth-order valence-electron chi connectivity index (χ4n) is 1.29. The minimum Gasteiger partial charge on any atom is -0.449 e. The van der Waals surface area contributed by atoms with Crippen molar-refractivity contribution >= 4 is 6.98 Å². The minimum absolute atomic E-state index is 0. The van der Waals surface area contributed by atoms with E-state index >= 15 is 0 Å². The Balaban J connectivity index is 0.000001000. The van der Waals surface area contributed by atoms with E-state index in [1.165, 1.54) is 0 Å². The molecule has 6 heteroatoms. The Bertz CT molecular complexity index is 113. The normalized spacial score (nSPS) is 24.8. The molecule has 0 aromatic carbocycles. The standard InChI is InChI=1S/C5H10BF3N.K/c7-6(8,9)3-5-1-2-10-4-5;/h5,10H,1-4H2;/q-1;+1. The first kappa shape index (κ1) is 12.5. The maximum atomic E-state index is 11.7. The van der Waals surface area contributed by atoms with Crippen molar-refractivity contribution in [2.75, 3.05) is 13.1 Å². The van der Waals surface area contributed by atoms with Crippen molar-refractivity contribution in [3.05, 3.63) is 0 Å². The van der Waals surface area contributed by atoms with Gasteiger partial charge in [-0.1, -0.05) is 12.2 Å². The Morgan fingerprint density at radius 1 is 1.36 bits per heavy atom. The summed E-state index contributed by atoms with van der Waals surface area (Å²) in [4.78, 5) is 0. The molecule has 1 N–H and O–H groups in total. The molecule has 1 aliphatic heterocycles. The zero-order valence-corrected chi connectivity index (χ0v) is 9.74. The van der Waals surface area contributed by atoms with Crippen LogP contribution in [0.5, 0.6) is 0 Å². The van der Waals surface area contributed by atoms with Crippen LogP contribution in [-0.4, -0.2) is 20.1 Å². The van der Waals surface area contributed by atoms with Crippen LogP contribution in [0.1, 0.15) is 6.42 Å². The van der Waals surface area contributed by atoms with E-state index in [-0.39, 0.29) is 57.3 Å². The molecule has 0 aromatic heterocycles. The van der Waals surface area contributed by atoms with Gasteiger partial charge in [-0.25, -0.2) is 0 Å². The molecule has 1 aliphatic rings. The minimum atomic E-state index is -4.55. The van der Waals surface area contributed by atoms with Crippen molar-refractivity contribution in [1.82, 2.24) is 5.32 Å². The van der Waals surface area contributed by atoms with Crippen molar-refractivity contribution in [1.29, 1.82) is 0 Å². The number of halogens is 3. The van der Waals surface area contributed by atoms with Gasteiger partial charge in [0.2, 0.25) is 0 Å². The Labute approximate surface area is 107 Å². The molecule has 60 valence electrons. The fourth-order valence-corrected chi connectivity index (χ4v) is 1.29. The topological polar surface area (TPSA) is 12.0 Å². The zero-order chi connectivity index (χ0) is 7.61. The Hall–Kier alpha value is 1.45. The molecule has 1 fully saturated rings. The summed E-state index contributed by atoms with van der Waals surface area (Å²) in [6.07, 6.45) is 0.119. The van der Waals surface area contributed by atoms with Crippen LogP contribution < -0.4 is 56.7 Å². The molecule has 0 saturated carbocycles. The summed E-state index contributed by atoms with van der Waals surface area (Å²) in [6.45, 7) is -3.26. The summed E-state index contributed by atoms with van der Waals surface area (Å²) < 4.78 is 35.2. The van der Waals surface area contributed by atoms with Gasteiger partial charge in [-0.15, -0.1) is 0 Å². The quantitative estimate of drug-likeness (QED) is 0.521. The van der Waals surface area contributed by atoms with Gasteiger partial charge in [0.15, 0.2) is 0 Å². The average molecular weight is 191 g/mol. The Morgan fingerprint density at radius 3 is 2.36 bits per heavy atom. The van der Waals surface area contributed by atoms with Crippen LogP contribution in [0.15, 0.2) is 0 Å². The first-order valence-corrected chi connectivity index (χ1v) is 3.49. The van der Waals surface area contributed by atoms with Crippen LogP contribution in [-0.2, 0) is 0 Å². The number of hydrogen-bond donors (Lipinski definition) is 1. The number of hydrogen-bond acceptors (Lipinski definition) is 1. The van der Waals surface area contributed by atoms with Crippen LogP contribution in [0.25, 0.3) is 0 Å². The molecule has 1 saturated heterocycles. The van der Waals surface area contributed by atoms with Crippen LogP contribution in [0, 0.1) is 5.92 Å². The summed E-state index contributed by atoms with van der Waals surface area (Å²) in [6, 6.07) is 0. The van der Waals surface area contributed by atoms with Crippen LogP contribution in [0.3, 0.4) is 0 Å². The molecule has 0 bridgehead atoms. The van der Waals surface area contributed by atoms with Crippen LogP contribution in [0.4, 0.5) is 12.9 Å². The first-order chi connectivity index (χ1) is 4.58. The van der Waals surface area contributed by atoms with Gasteiger partial charge >= 0.3 is 58.4 Å². The molecule has 1 unspecified atom stereocenters. The molecular formula is C5H10BF3KN. The maximum Gasteiger partial charge on any atom is 1.00 e. The Kier molecular flexibility index (Phi) is 5.93. The van der Waals surface area contributed by atoms with Gasteiger partial charge in [-0.3, -0.25) is 0 Å². The Morgan fingerprint density at radius 2 is 2.00 bits per heavy atom. The fraction of sp³-hybridized carbons (Fsp3) is 1.00. The molecule has 0 amide bonds. The van der Waals surface area contributed by atoms with E-state index in [0.29, 0.717) is 13.0 Å². The molecular weight excluding hydrogens is 181 g/mol. The molecule has 1 atom stereocenters. The van der Waals surface area contributed by atoms with Crippen LogP contribution in [0.2, 0.25) is 6.32 Å². The van der Waals surface area contributed by atoms with Gasteiger partial charge in [0.25, 0.3) is 0 Å². The van der Waals surface area contributed by atoms with E-state index in [1.807, 2.05) is 0 Å². The second-order valence-corrected chi connectivity index (χ2v) is 2.80. The van der Waals surface area contributed by atoms with Crippen molar-refractivity contribution < 1.29 is 64.3 Å². The van der Waals surface area contributed by atoms with Gasteiger partial charge in [-0.2, -0.15) is 0 Å². The van der Waals surface area contributed by atoms with Crippen molar-refractivity contribution in [3.63, 3.8) is 0 Å². The summed E-state index contributed by atoms with van der Waals surface area (Å²) in [5, 5.41) is 2.90. The maximum absolute atomic E-state index is 11.7. The van der Waals surface area contributed by atoms with Crippen molar-refractivity contribution in [2.24, 2.45) is 5.92 Å². The molecule has 0 aliphatic carbocycles. The van der Waals surface area contributed by atoms with Gasteiger partial charge < -0.3 is 18.3 Å². The predicted molar refractivity (Wildman–Crippen MR) is 34.9 cm³/mol. The summed E-state index contributed by atoms with van der Waals surface area (Å²) in [5.74, 6) is -0.153. The summed E-state index contributed by atoms with van der Waals surface area (Å²) >= 11 is 0. The second kappa shape index (κ2) is 5.24. The third-order valence-corrected chi connectivity index (χ3v) is 1.76. The monoisotopic (exact) mass is 191 g/mol. The van der Waals surface area contributed by atoms with E-state index in [0.717, 1.165) is 6.54 Å². The van der Waals surface area contributed by atoms with Gasteiger partial charge in [0, 0.05) is 0 Å². The molecule has 11 heavy (non-hydrogen) atoms. The first-order valence-electron chi connectivity index (χ1n) is 3.49. The molecule has 0 radical (unpaired) electrons. The molecule has 1 rings (SSSR count). The number of nitrogens with one attached hydrogen (secondary N) is 1. The van der Waals surface area contributed by atoms with E-state index in [1.54, 1.807) is 0 Å². The summed E-state index contributed by atoms with van der Waals surface area (Å²) in [5.41, 5.74) is 0. The SMILES string of the molecule is F[B-](F)(F)CC1CCNC1.[K+]. The largest absolute Gasteiger partial charge is 1.00 e. The predicted octanol–water partition coefficient (Wildman–Crippen LogP) is -1.55. The van der Waals surface area contributed by atoms with E-state index in [2.05, 4.69) is 5.32 Å². The second-order valence-electron chi connectivity index (χ2n) is 2.80. The van der Waals surface area contributed by atoms with Gasteiger partial charge in [0.1, 0.15) is 0 Å². The average Bonchev–Trinajstić information content (AvgIpc) is 2.12. The smallest absolute Gasteiger partial charge is 0.449 e. The molecule has 0 spiro atoms. The third kappa shape index (κ3) is 5.65. The molecule has 1 nitrogen and oxygen atoms in total. The van der Waals surface area contributed by atoms with E-state index < -0.39 is 13.3 Å². The van der Waals surface area contributed by atoms with Crippen molar-refractivity contribution in [3.8, 4) is 0 Å². The number of rotatable bonds is 2. The summed E-state index contributed by atoms with van der Waals surface area (Å²) in [7, 11) is 0. The van der Waals surface area contributed by atoms with Crippen molar-refractivity contribution in [2.45, 2.75) is 12.7 Å². The van der Waals surface area contributed by atoms with E-state index in [9.17, 15) is 12.9 Å². The third-order valence-electron chi connectivity index (χ3n) is 1.76. The van der Waals surface area contributed by atoms with Crippen LogP contribution >= 0.6 is 0 Å². The van der Waals surface area contributed by atoms with Gasteiger partial charge in [0.05, 0.1) is 0 Å².